The second-order valence-electron chi connectivity index (χ2n) is 6.62. The van der Waals surface area contributed by atoms with Gasteiger partial charge in [-0.15, -0.1) is 11.3 Å². The van der Waals surface area contributed by atoms with Crippen LogP contribution in [0.1, 0.15) is 22.7 Å². The van der Waals surface area contributed by atoms with Gasteiger partial charge in [0.2, 0.25) is 5.60 Å². The minimum Gasteiger partial charge on any atom is -0.426 e. The van der Waals surface area contributed by atoms with Gasteiger partial charge >= 0.3 is 7.12 Å². The molecule has 1 aliphatic rings. The molecule has 3 rings (SSSR count). The van der Waals surface area contributed by atoms with Gasteiger partial charge < -0.3 is 24.9 Å². The SMILES string of the molecule is Cc1nc(COCC2=NOC(Cc3ccccc3)(C(=O)NCB(O)O)C2)cs1. The predicted molar refractivity (Wildman–Crippen MR) is 106 cm³/mol. The summed E-state index contributed by atoms with van der Waals surface area (Å²) in [5.74, 6) is -0.446. The third-order valence-electron chi connectivity index (χ3n) is 4.22. The van der Waals surface area contributed by atoms with Crippen LogP contribution in [0.5, 0.6) is 0 Å². The van der Waals surface area contributed by atoms with Crippen LogP contribution < -0.4 is 5.32 Å². The highest BCUT2D eigenvalue weighted by Crippen LogP contribution is 2.29. The number of ether oxygens (including phenoxy) is 1. The molecule has 2 aromatic rings. The van der Waals surface area contributed by atoms with Crippen LogP contribution in [0.3, 0.4) is 0 Å². The van der Waals surface area contributed by atoms with E-state index in [1.807, 2.05) is 42.6 Å². The molecule has 0 bridgehead atoms. The summed E-state index contributed by atoms with van der Waals surface area (Å²) in [6, 6.07) is 9.46. The van der Waals surface area contributed by atoms with E-state index in [9.17, 15) is 4.79 Å². The Morgan fingerprint density at radius 3 is 2.82 bits per heavy atom. The molecule has 0 spiro atoms. The number of thiazole rings is 1. The van der Waals surface area contributed by atoms with Gasteiger partial charge in [0, 0.05) is 18.2 Å². The average molecular weight is 403 g/mol. The van der Waals surface area contributed by atoms with Crippen LogP contribution in [0.15, 0.2) is 40.9 Å². The fourth-order valence-corrected chi connectivity index (χ4v) is 3.54. The number of aromatic nitrogens is 1. The Hall–Kier alpha value is -2.27. The monoisotopic (exact) mass is 403 g/mol. The number of carbonyl (C=O) groups excluding carboxylic acids is 1. The van der Waals surface area contributed by atoms with Crippen molar-refractivity contribution >= 4 is 30.1 Å². The molecule has 2 heterocycles. The van der Waals surface area contributed by atoms with Crippen molar-refractivity contribution in [1.82, 2.24) is 10.3 Å². The van der Waals surface area contributed by atoms with Gasteiger partial charge in [-0.1, -0.05) is 35.5 Å². The number of nitrogens with zero attached hydrogens (tertiary/aromatic N) is 2. The Labute approximate surface area is 167 Å². The van der Waals surface area contributed by atoms with E-state index in [1.165, 1.54) is 0 Å². The lowest BCUT2D eigenvalue weighted by atomic mass is 9.87. The molecule has 1 amide bonds. The zero-order valence-electron chi connectivity index (χ0n) is 15.5. The molecule has 1 aliphatic heterocycles. The van der Waals surface area contributed by atoms with Gasteiger partial charge in [-0.05, 0) is 12.5 Å². The molecule has 1 atom stereocenters. The number of rotatable bonds is 9. The normalized spacial score (nSPS) is 18.5. The number of hydrogen-bond acceptors (Lipinski definition) is 8. The molecule has 28 heavy (non-hydrogen) atoms. The first kappa shape index (κ1) is 20.5. The summed E-state index contributed by atoms with van der Waals surface area (Å²) >= 11 is 1.56. The minimum atomic E-state index is -1.63. The van der Waals surface area contributed by atoms with Crippen molar-refractivity contribution in [1.29, 1.82) is 0 Å². The fraction of sp³-hybridized carbons (Fsp3) is 0.389. The van der Waals surface area contributed by atoms with Gasteiger partial charge in [0.25, 0.3) is 5.91 Å². The Balaban J connectivity index is 1.62. The molecule has 0 saturated heterocycles. The highest BCUT2D eigenvalue weighted by atomic mass is 32.1. The molecular formula is C18H22BN3O5S. The summed E-state index contributed by atoms with van der Waals surface area (Å²) in [5, 5.41) is 27.6. The second-order valence-corrected chi connectivity index (χ2v) is 7.69. The molecule has 0 saturated carbocycles. The van der Waals surface area contributed by atoms with E-state index in [4.69, 9.17) is 19.6 Å². The molecule has 0 aliphatic carbocycles. The lowest BCUT2D eigenvalue weighted by molar-refractivity contribution is -0.143. The number of hydrogen-bond donors (Lipinski definition) is 3. The van der Waals surface area contributed by atoms with Crippen LogP contribution in [0, 0.1) is 6.92 Å². The first-order valence-electron chi connectivity index (χ1n) is 8.88. The topological polar surface area (TPSA) is 113 Å². The van der Waals surface area contributed by atoms with Gasteiger partial charge in [0.1, 0.15) is 0 Å². The van der Waals surface area contributed by atoms with Crippen molar-refractivity contribution in [2.75, 3.05) is 13.1 Å². The maximum atomic E-state index is 12.7. The van der Waals surface area contributed by atoms with Crippen molar-refractivity contribution in [3.63, 3.8) is 0 Å². The standard InChI is InChI=1S/C18H22BN3O5S/c1-13-21-16(11-28-13)10-26-9-15-8-18(27-22-15,17(23)20-12-19(24)25)7-14-5-3-2-4-6-14/h2-6,11,24-25H,7-10,12H2,1H3,(H,20,23). The van der Waals surface area contributed by atoms with Crippen molar-refractivity contribution < 1.29 is 24.4 Å². The number of carbonyl (C=O) groups is 1. The first-order chi connectivity index (χ1) is 13.5. The van der Waals surface area contributed by atoms with E-state index >= 15 is 0 Å². The Bertz CT molecular complexity index is 830. The number of aryl methyl sites for hydroxylation is 1. The van der Waals surface area contributed by atoms with E-state index in [-0.39, 0.29) is 19.5 Å². The molecule has 0 radical (unpaired) electrons. The maximum absolute atomic E-state index is 12.7. The highest BCUT2D eigenvalue weighted by molar-refractivity contribution is 7.09. The predicted octanol–water partition coefficient (Wildman–Crippen LogP) is 0.854. The molecule has 148 valence electrons. The van der Waals surface area contributed by atoms with E-state index in [1.54, 1.807) is 11.3 Å². The van der Waals surface area contributed by atoms with Crippen LogP contribution in [0.2, 0.25) is 0 Å². The third kappa shape index (κ3) is 5.38. The van der Waals surface area contributed by atoms with E-state index in [0.717, 1.165) is 16.3 Å². The number of oxime groups is 1. The summed E-state index contributed by atoms with van der Waals surface area (Å²) in [7, 11) is -1.63. The number of amides is 1. The Morgan fingerprint density at radius 1 is 1.36 bits per heavy atom. The van der Waals surface area contributed by atoms with Crippen molar-refractivity contribution in [2.24, 2.45) is 5.16 Å². The smallest absolute Gasteiger partial charge is 0.426 e. The largest absolute Gasteiger partial charge is 0.472 e. The second kappa shape index (κ2) is 9.29. The first-order valence-corrected chi connectivity index (χ1v) is 9.76. The molecule has 0 fully saturated rings. The van der Waals surface area contributed by atoms with E-state index in [2.05, 4.69) is 15.5 Å². The molecule has 10 heteroatoms. The van der Waals surface area contributed by atoms with Gasteiger partial charge in [-0.3, -0.25) is 4.79 Å². The van der Waals surface area contributed by atoms with E-state index < -0.39 is 18.6 Å². The Morgan fingerprint density at radius 2 is 2.14 bits per heavy atom. The lowest BCUT2D eigenvalue weighted by Gasteiger charge is -2.25. The number of nitrogens with one attached hydrogen (secondary N) is 1. The summed E-state index contributed by atoms with van der Waals surface area (Å²) in [4.78, 5) is 22.7. The summed E-state index contributed by atoms with van der Waals surface area (Å²) in [6.07, 6.45) is 0.276. The van der Waals surface area contributed by atoms with Crippen molar-refractivity contribution in [3.05, 3.63) is 52.0 Å². The molecule has 3 N–H and O–H groups in total. The zero-order valence-corrected chi connectivity index (χ0v) is 16.3. The quantitative estimate of drug-likeness (QED) is 0.535. The summed E-state index contributed by atoms with van der Waals surface area (Å²) < 4.78 is 5.66. The lowest BCUT2D eigenvalue weighted by Crippen LogP contribution is -2.51. The van der Waals surface area contributed by atoms with Crippen molar-refractivity contribution in [3.8, 4) is 0 Å². The summed E-state index contributed by atoms with van der Waals surface area (Å²) in [6.45, 7) is 2.52. The van der Waals surface area contributed by atoms with E-state index in [0.29, 0.717) is 18.7 Å². The highest BCUT2D eigenvalue weighted by Gasteiger charge is 2.46. The summed E-state index contributed by atoms with van der Waals surface area (Å²) in [5.41, 5.74) is 1.14. The van der Waals surface area contributed by atoms with Crippen LogP contribution >= 0.6 is 11.3 Å². The van der Waals surface area contributed by atoms with Crippen LogP contribution in [0.4, 0.5) is 0 Å². The molecule has 8 nitrogen and oxygen atoms in total. The molecule has 1 unspecified atom stereocenters. The van der Waals surface area contributed by atoms with Crippen molar-refractivity contribution in [2.45, 2.75) is 32.0 Å². The van der Waals surface area contributed by atoms with Gasteiger partial charge in [-0.25, -0.2) is 4.98 Å². The average Bonchev–Trinajstić information content (AvgIpc) is 3.28. The van der Waals surface area contributed by atoms with Crippen LogP contribution in [0.25, 0.3) is 0 Å². The Kier molecular flexibility index (Phi) is 6.79. The molecular weight excluding hydrogens is 381 g/mol. The maximum Gasteiger partial charge on any atom is 0.472 e. The van der Waals surface area contributed by atoms with Gasteiger partial charge in [-0.2, -0.15) is 0 Å². The van der Waals surface area contributed by atoms with Crippen LogP contribution in [-0.4, -0.2) is 52.4 Å². The zero-order chi connectivity index (χ0) is 20.0. The van der Waals surface area contributed by atoms with Crippen LogP contribution in [-0.2, 0) is 27.4 Å². The minimum absolute atomic E-state index is 0.225. The van der Waals surface area contributed by atoms with Gasteiger partial charge in [0.05, 0.1) is 36.1 Å². The fourth-order valence-electron chi connectivity index (χ4n) is 2.94. The van der Waals surface area contributed by atoms with Gasteiger partial charge in [0.15, 0.2) is 0 Å². The molecule has 1 aromatic heterocycles. The number of benzene rings is 1. The third-order valence-corrected chi connectivity index (χ3v) is 5.04. The molecule has 1 aromatic carbocycles.